The summed E-state index contributed by atoms with van der Waals surface area (Å²) in [6.07, 6.45) is 2.29. The molecule has 0 radical (unpaired) electrons. The number of nitrogens with zero attached hydrogens (tertiary/aromatic N) is 2. The summed E-state index contributed by atoms with van der Waals surface area (Å²) >= 11 is 0. The van der Waals surface area contributed by atoms with Gasteiger partial charge in [0, 0.05) is 31.7 Å². The summed E-state index contributed by atoms with van der Waals surface area (Å²) in [7, 11) is 0. The molecule has 3 fully saturated rings. The van der Waals surface area contributed by atoms with Crippen molar-refractivity contribution in [2.24, 2.45) is 5.41 Å². The Labute approximate surface area is 118 Å². The number of aliphatic hydroxyl groups is 1. The smallest absolute Gasteiger partial charge is 0.251 e. The van der Waals surface area contributed by atoms with Gasteiger partial charge < -0.3 is 19.6 Å². The molecule has 20 heavy (non-hydrogen) atoms. The van der Waals surface area contributed by atoms with Crippen LogP contribution in [0.3, 0.4) is 0 Å². The highest BCUT2D eigenvalue weighted by Gasteiger charge is 2.47. The molecule has 6 nitrogen and oxygen atoms in total. The molecule has 3 saturated heterocycles. The fourth-order valence-electron chi connectivity index (χ4n) is 3.34. The number of rotatable bonds is 2. The van der Waals surface area contributed by atoms with E-state index in [1.165, 1.54) is 4.90 Å². The average molecular weight is 282 g/mol. The van der Waals surface area contributed by atoms with Crippen molar-refractivity contribution in [1.29, 1.82) is 0 Å². The highest BCUT2D eigenvalue weighted by molar-refractivity contribution is 5.87. The van der Waals surface area contributed by atoms with Gasteiger partial charge >= 0.3 is 0 Å². The van der Waals surface area contributed by atoms with Gasteiger partial charge in [-0.05, 0) is 25.7 Å². The molecule has 6 heteroatoms. The number of amides is 2. The number of ether oxygens (including phenoxy) is 1. The Hall–Kier alpha value is -1.14. The normalized spacial score (nSPS) is 29.4. The van der Waals surface area contributed by atoms with E-state index < -0.39 is 6.10 Å². The van der Waals surface area contributed by atoms with E-state index in [0.717, 1.165) is 45.6 Å². The molecule has 3 aliphatic heterocycles. The summed E-state index contributed by atoms with van der Waals surface area (Å²) < 4.78 is 5.39. The van der Waals surface area contributed by atoms with Gasteiger partial charge in [-0.2, -0.15) is 0 Å². The summed E-state index contributed by atoms with van der Waals surface area (Å²) in [6.45, 7) is 3.71. The monoisotopic (exact) mass is 282 g/mol. The van der Waals surface area contributed by atoms with Crippen molar-refractivity contribution < 1.29 is 19.4 Å². The van der Waals surface area contributed by atoms with Gasteiger partial charge in [-0.1, -0.05) is 0 Å². The van der Waals surface area contributed by atoms with Crippen molar-refractivity contribution >= 4 is 11.8 Å². The lowest BCUT2D eigenvalue weighted by atomic mass is 9.79. The second-order valence-corrected chi connectivity index (χ2v) is 6.32. The number of carbonyl (C=O) groups is 2. The van der Waals surface area contributed by atoms with Crippen molar-refractivity contribution in [3.63, 3.8) is 0 Å². The van der Waals surface area contributed by atoms with Crippen LogP contribution < -0.4 is 0 Å². The minimum absolute atomic E-state index is 0.00928. The predicted octanol–water partition coefficient (Wildman–Crippen LogP) is -0.391. The summed E-state index contributed by atoms with van der Waals surface area (Å²) in [4.78, 5) is 27.5. The molecule has 1 atom stereocenters. The maximum atomic E-state index is 12.2. The molecule has 1 unspecified atom stereocenters. The SMILES string of the molecule is O=C(CN1CCCCC(O)C1=O)N1CC2(CCOC2)C1. The zero-order valence-corrected chi connectivity index (χ0v) is 11.7. The molecule has 0 aromatic heterocycles. The van der Waals surface area contributed by atoms with Gasteiger partial charge in [0.15, 0.2) is 0 Å². The lowest BCUT2D eigenvalue weighted by Crippen LogP contribution is -2.61. The quantitative estimate of drug-likeness (QED) is 0.749. The van der Waals surface area contributed by atoms with Gasteiger partial charge in [0.05, 0.1) is 13.2 Å². The van der Waals surface area contributed by atoms with Crippen molar-refractivity contribution in [3.8, 4) is 0 Å². The van der Waals surface area contributed by atoms with Crippen LogP contribution in [0.1, 0.15) is 25.7 Å². The van der Waals surface area contributed by atoms with Gasteiger partial charge in [0.2, 0.25) is 5.91 Å². The largest absolute Gasteiger partial charge is 0.383 e. The highest BCUT2D eigenvalue weighted by atomic mass is 16.5. The molecule has 3 aliphatic rings. The van der Waals surface area contributed by atoms with Gasteiger partial charge in [0.1, 0.15) is 6.10 Å². The van der Waals surface area contributed by atoms with Crippen LogP contribution in [0.15, 0.2) is 0 Å². The molecule has 0 saturated carbocycles. The summed E-state index contributed by atoms with van der Waals surface area (Å²) in [5.74, 6) is -0.305. The first-order valence-corrected chi connectivity index (χ1v) is 7.42. The van der Waals surface area contributed by atoms with Crippen LogP contribution in [-0.2, 0) is 14.3 Å². The van der Waals surface area contributed by atoms with Crippen molar-refractivity contribution in [3.05, 3.63) is 0 Å². The number of hydrogen-bond acceptors (Lipinski definition) is 4. The van der Waals surface area contributed by atoms with E-state index in [1.54, 1.807) is 4.90 Å². The lowest BCUT2D eigenvalue weighted by molar-refractivity contribution is -0.151. The Bertz CT molecular complexity index is 398. The van der Waals surface area contributed by atoms with Crippen molar-refractivity contribution in [1.82, 2.24) is 9.80 Å². The summed E-state index contributed by atoms with van der Waals surface area (Å²) in [5, 5.41) is 9.69. The molecule has 1 N–H and O–H groups in total. The third kappa shape index (κ3) is 2.54. The maximum absolute atomic E-state index is 12.2. The van der Waals surface area contributed by atoms with Crippen LogP contribution in [0.2, 0.25) is 0 Å². The molecule has 2 amide bonds. The van der Waals surface area contributed by atoms with E-state index in [9.17, 15) is 14.7 Å². The molecule has 3 rings (SSSR count). The van der Waals surface area contributed by atoms with E-state index in [2.05, 4.69) is 0 Å². The van der Waals surface area contributed by atoms with Crippen molar-refractivity contribution in [2.45, 2.75) is 31.8 Å². The molecule has 3 heterocycles. The predicted molar refractivity (Wildman–Crippen MR) is 70.9 cm³/mol. The Morgan fingerprint density at radius 1 is 1.40 bits per heavy atom. The van der Waals surface area contributed by atoms with Crippen LogP contribution in [0.25, 0.3) is 0 Å². The molecule has 0 aromatic carbocycles. The number of carbonyl (C=O) groups excluding carboxylic acids is 2. The first kappa shape index (κ1) is 13.8. The zero-order valence-electron chi connectivity index (χ0n) is 11.7. The Kier molecular flexibility index (Phi) is 3.69. The van der Waals surface area contributed by atoms with Crippen LogP contribution in [0.5, 0.6) is 0 Å². The lowest BCUT2D eigenvalue weighted by Gasteiger charge is -2.47. The summed E-state index contributed by atoms with van der Waals surface area (Å²) in [5.41, 5.74) is 0.179. The second kappa shape index (κ2) is 5.33. The number of aliphatic hydroxyl groups excluding tert-OH is 1. The number of likely N-dealkylation sites (tertiary alicyclic amines) is 2. The van der Waals surface area contributed by atoms with Gasteiger partial charge in [-0.3, -0.25) is 9.59 Å². The molecular weight excluding hydrogens is 260 g/mol. The van der Waals surface area contributed by atoms with E-state index >= 15 is 0 Å². The molecule has 0 aliphatic carbocycles. The van der Waals surface area contributed by atoms with Crippen LogP contribution in [0.4, 0.5) is 0 Å². The minimum atomic E-state index is -0.934. The topological polar surface area (TPSA) is 70.1 Å². The van der Waals surface area contributed by atoms with Crippen LogP contribution >= 0.6 is 0 Å². The van der Waals surface area contributed by atoms with Crippen LogP contribution in [-0.4, -0.2) is 72.2 Å². The van der Waals surface area contributed by atoms with Gasteiger partial charge in [0.25, 0.3) is 5.91 Å². The highest BCUT2D eigenvalue weighted by Crippen LogP contribution is 2.38. The Balaban J connectivity index is 1.52. The molecule has 0 bridgehead atoms. The second-order valence-electron chi connectivity index (χ2n) is 6.32. The minimum Gasteiger partial charge on any atom is -0.383 e. The van der Waals surface area contributed by atoms with E-state index in [0.29, 0.717) is 13.0 Å². The zero-order chi connectivity index (χ0) is 14.2. The summed E-state index contributed by atoms with van der Waals surface area (Å²) in [6, 6.07) is 0. The Morgan fingerprint density at radius 3 is 2.90 bits per heavy atom. The third-order valence-electron chi connectivity index (χ3n) is 4.67. The molecule has 0 aromatic rings. The first-order valence-electron chi connectivity index (χ1n) is 7.42. The molecular formula is C14H22N2O4. The van der Waals surface area contributed by atoms with E-state index in [1.807, 2.05) is 0 Å². The fraction of sp³-hybridized carbons (Fsp3) is 0.857. The Morgan fingerprint density at radius 2 is 2.20 bits per heavy atom. The van der Waals surface area contributed by atoms with E-state index in [4.69, 9.17) is 4.74 Å². The van der Waals surface area contributed by atoms with Gasteiger partial charge in [-0.15, -0.1) is 0 Å². The van der Waals surface area contributed by atoms with Crippen LogP contribution in [0, 0.1) is 5.41 Å². The maximum Gasteiger partial charge on any atom is 0.251 e. The number of hydrogen-bond donors (Lipinski definition) is 1. The van der Waals surface area contributed by atoms with Crippen molar-refractivity contribution in [2.75, 3.05) is 39.4 Å². The molecule has 1 spiro atoms. The average Bonchev–Trinajstić information content (AvgIpc) is 2.83. The van der Waals surface area contributed by atoms with E-state index in [-0.39, 0.29) is 23.8 Å². The first-order chi connectivity index (χ1) is 9.60. The third-order valence-corrected chi connectivity index (χ3v) is 4.67. The fourth-order valence-corrected chi connectivity index (χ4v) is 3.34. The van der Waals surface area contributed by atoms with Gasteiger partial charge in [-0.25, -0.2) is 0 Å². The molecule has 112 valence electrons. The standard InChI is InChI=1S/C14H22N2O4/c17-11-3-1-2-5-15(13(11)19)7-12(18)16-8-14(9-16)4-6-20-10-14/h11,17H,1-10H2.